The molecule has 3 atom stereocenters. The van der Waals surface area contributed by atoms with Crippen molar-refractivity contribution in [2.75, 3.05) is 0 Å². The van der Waals surface area contributed by atoms with Gasteiger partial charge in [-0.1, -0.05) is 6.92 Å². The molecule has 1 fully saturated rings. The third-order valence-corrected chi connectivity index (χ3v) is 3.12. The number of hydrogen-bond acceptors (Lipinski definition) is 5. The van der Waals surface area contributed by atoms with Gasteiger partial charge >= 0.3 is 11.9 Å². The molecule has 0 saturated carbocycles. The summed E-state index contributed by atoms with van der Waals surface area (Å²) in [4.78, 5) is 33.9. The van der Waals surface area contributed by atoms with Crippen molar-refractivity contribution in [3.63, 3.8) is 0 Å². The summed E-state index contributed by atoms with van der Waals surface area (Å²) in [6, 6.07) is -0.832. The maximum absolute atomic E-state index is 11.8. The predicted octanol–water partition coefficient (Wildman–Crippen LogP) is -0.578. The molecule has 0 radical (unpaired) electrons. The van der Waals surface area contributed by atoms with Crippen molar-refractivity contribution in [2.45, 2.75) is 50.9 Å². The second-order valence-corrected chi connectivity index (χ2v) is 4.30. The van der Waals surface area contributed by atoms with Gasteiger partial charge in [0.1, 0.15) is 12.1 Å². The van der Waals surface area contributed by atoms with Crippen LogP contribution in [0.3, 0.4) is 0 Å². The third kappa shape index (κ3) is 2.61. The Morgan fingerprint density at radius 3 is 2.56 bits per heavy atom. The van der Waals surface area contributed by atoms with Crippen LogP contribution < -0.4 is 5.32 Å². The minimum Gasteiger partial charge on any atom is -0.478 e. The van der Waals surface area contributed by atoms with Gasteiger partial charge in [-0.25, -0.2) is 9.59 Å². The number of ether oxygens (including phenoxy) is 1. The summed E-state index contributed by atoms with van der Waals surface area (Å²) in [5.74, 6) is -2.50. The molecule has 0 spiro atoms. The molecule has 1 rings (SSSR count). The van der Waals surface area contributed by atoms with Gasteiger partial charge in [-0.3, -0.25) is 4.79 Å². The van der Waals surface area contributed by atoms with Crippen LogP contribution in [-0.2, 0) is 19.1 Å². The Morgan fingerprint density at radius 2 is 2.22 bits per heavy atom. The van der Waals surface area contributed by atoms with E-state index in [1.54, 1.807) is 0 Å². The Hall–Kier alpha value is -1.63. The molecule has 18 heavy (non-hydrogen) atoms. The first-order chi connectivity index (χ1) is 8.33. The highest BCUT2D eigenvalue weighted by molar-refractivity contribution is 5.90. The number of hydrogen-bond donors (Lipinski definition) is 3. The van der Waals surface area contributed by atoms with Gasteiger partial charge in [-0.15, -0.1) is 0 Å². The molecule has 3 unspecified atom stereocenters. The molecule has 0 bridgehead atoms. The van der Waals surface area contributed by atoms with Crippen LogP contribution in [0.5, 0.6) is 0 Å². The van der Waals surface area contributed by atoms with Gasteiger partial charge in [0.2, 0.25) is 11.5 Å². The van der Waals surface area contributed by atoms with E-state index < -0.39 is 29.7 Å². The van der Waals surface area contributed by atoms with Gasteiger partial charge in [-0.05, 0) is 19.8 Å². The highest BCUT2D eigenvalue weighted by Crippen LogP contribution is 2.23. The number of esters is 1. The first-order valence-electron chi connectivity index (χ1n) is 5.77. The Kier molecular flexibility index (Phi) is 4.28. The molecular weight excluding hydrogens is 242 g/mol. The second-order valence-electron chi connectivity index (χ2n) is 4.30. The molecule has 0 aromatic heterocycles. The number of rotatable bonds is 5. The van der Waals surface area contributed by atoms with Crippen molar-refractivity contribution in [1.82, 2.24) is 5.32 Å². The Balaban J connectivity index is 2.81. The van der Waals surface area contributed by atoms with Crippen LogP contribution >= 0.6 is 0 Å². The molecule has 1 amide bonds. The molecular formula is C11H17NO6. The molecule has 1 heterocycles. The van der Waals surface area contributed by atoms with Crippen molar-refractivity contribution in [3.8, 4) is 0 Å². The average Bonchev–Trinajstić information content (AvgIpc) is 2.71. The topological polar surface area (TPSA) is 113 Å². The smallest absolute Gasteiger partial charge is 0.350 e. The summed E-state index contributed by atoms with van der Waals surface area (Å²) in [5.41, 5.74) is -1.97. The van der Waals surface area contributed by atoms with Gasteiger partial charge < -0.3 is 20.3 Å². The number of carboxylic acids is 1. The molecule has 0 aromatic rings. The SMILES string of the molecule is CCC(OC(=O)C1CCC(=O)N1)(C(=O)O)C(C)O. The number of carboxylic acid groups (broad SMARTS) is 1. The van der Waals surface area contributed by atoms with E-state index in [4.69, 9.17) is 9.84 Å². The fraction of sp³-hybridized carbons (Fsp3) is 0.727. The van der Waals surface area contributed by atoms with Crippen molar-refractivity contribution in [3.05, 3.63) is 0 Å². The average molecular weight is 259 g/mol. The maximum atomic E-state index is 11.8. The number of nitrogens with one attached hydrogen (secondary N) is 1. The second kappa shape index (κ2) is 5.34. The number of aliphatic carboxylic acids is 1. The molecule has 1 aliphatic heterocycles. The van der Waals surface area contributed by atoms with Crippen molar-refractivity contribution < 1.29 is 29.3 Å². The van der Waals surface area contributed by atoms with Crippen molar-refractivity contribution in [2.24, 2.45) is 0 Å². The van der Waals surface area contributed by atoms with E-state index in [-0.39, 0.29) is 25.2 Å². The lowest BCUT2D eigenvalue weighted by atomic mass is 9.94. The zero-order chi connectivity index (χ0) is 13.9. The molecule has 102 valence electrons. The minimum atomic E-state index is -1.97. The van der Waals surface area contributed by atoms with E-state index in [1.165, 1.54) is 13.8 Å². The molecule has 1 aliphatic rings. The monoisotopic (exact) mass is 259 g/mol. The highest BCUT2D eigenvalue weighted by Gasteiger charge is 2.47. The van der Waals surface area contributed by atoms with E-state index in [0.717, 1.165) is 0 Å². The lowest BCUT2D eigenvalue weighted by molar-refractivity contribution is -0.193. The summed E-state index contributed by atoms with van der Waals surface area (Å²) in [5, 5.41) is 21.0. The Morgan fingerprint density at radius 1 is 1.61 bits per heavy atom. The molecule has 3 N–H and O–H groups in total. The van der Waals surface area contributed by atoms with Crippen molar-refractivity contribution in [1.29, 1.82) is 0 Å². The van der Waals surface area contributed by atoms with Crippen LogP contribution in [0.4, 0.5) is 0 Å². The summed E-state index contributed by atoms with van der Waals surface area (Å²) in [7, 11) is 0. The van der Waals surface area contributed by atoms with Gasteiger partial charge in [-0.2, -0.15) is 0 Å². The normalized spacial score (nSPS) is 23.9. The van der Waals surface area contributed by atoms with Gasteiger partial charge in [0.25, 0.3) is 0 Å². The minimum absolute atomic E-state index is 0.0631. The number of carbonyl (C=O) groups excluding carboxylic acids is 2. The first-order valence-corrected chi connectivity index (χ1v) is 5.77. The maximum Gasteiger partial charge on any atom is 0.350 e. The van der Waals surface area contributed by atoms with E-state index in [0.29, 0.717) is 0 Å². The first kappa shape index (κ1) is 14.4. The number of carbonyl (C=O) groups is 3. The quantitative estimate of drug-likeness (QED) is 0.569. The number of aliphatic hydroxyl groups is 1. The van der Waals surface area contributed by atoms with E-state index >= 15 is 0 Å². The molecule has 0 aromatic carbocycles. The Bertz CT molecular complexity index is 367. The van der Waals surface area contributed by atoms with Gasteiger partial charge in [0.15, 0.2) is 0 Å². The Labute approximate surface area is 104 Å². The van der Waals surface area contributed by atoms with Crippen LogP contribution in [0.15, 0.2) is 0 Å². The molecule has 7 nitrogen and oxygen atoms in total. The molecule has 1 saturated heterocycles. The number of amides is 1. The van der Waals surface area contributed by atoms with Crippen LogP contribution in [0, 0.1) is 0 Å². The van der Waals surface area contributed by atoms with Crippen molar-refractivity contribution >= 4 is 17.8 Å². The fourth-order valence-electron chi connectivity index (χ4n) is 1.87. The lowest BCUT2D eigenvalue weighted by Gasteiger charge is -2.31. The van der Waals surface area contributed by atoms with E-state index in [9.17, 15) is 19.5 Å². The molecule has 7 heteroatoms. The number of aliphatic hydroxyl groups excluding tert-OH is 1. The summed E-state index contributed by atoms with van der Waals surface area (Å²) < 4.78 is 4.94. The lowest BCUT2D eigenvalue weighted by Crippen LogP contribution is -2.53. The fourth-order valence-corrected chi connectivity index (χ4v) is 1.87. The van der Waals surface area contributed by atoms with Crippen LogP contribution in [0.1, 0.15) is 33.1 Å². The third-order valence-electron chi connectivity index (χ3n) is 3.12. The molecule has 0 aliphatic carbocycles. The standard InChI is InChI=1S/C11H17NO6/c1-3-11(6(2)13,10(16)17)18-9(15)7-4-5-8(14)12-7/h6-7,13H,3-5H2,1-2H3,(H,12,14)(H,16,17). The van der Waals surface area contributed by atoms with E-state index in [2.05, 4.69) is 5.32 Å². The summed E-state index contributed by atoms with van der Waals surface area (Å²) in [6.07, 6.45) is -0.926. The zero-order valence-corrected chi connectivity index (χ0v) is 10.3. The van der Waals surface area contributed by atoms with E-state index in [1.807, 2.05) is 0 Å². The van der Waals surface area contributed by atoms with Crippen LogP contribution in [-0.4, -0.2) is 45.8 Å². The van der Waals surface area contributed by atoms with Crippen LogP contribution in [0.2, 0.25) is 0 Å². The predicted molar refractivity (Wildman–Crippen MR) is 59.6 cm³/mol. The highest BCUT2D eigenvalue weighted by atomic mass is 16.6. The summed E-state index contributed by atoms with van der Waals surface area (Å²) >= 11 is 0. The summed E-state index contributed by atoms with van der Waals surface area (Å²) in [6.45, 7) is 2.75. The van der Waals surface area contributed by atoms with Gasteiger partial charge in [0.05, 0.1) is 0 Å². The van der Waals surface area contributed by atoms with Crippen LogP contribution in [0.25, 0.3) is 0 Å². The van der Waals surface area contributed by atoms with Gasteiger partial charge in [0, 0.05) is 6.42 Å². The largest absolute Gasteiger partial charge is 0.478 e. The zero-order valence-electron chi connectivity index (χ0n) is 10.3.